The molecule has 4 aliphatic rings. The Labute approximate surface area is 799 Å². The normalized spacial score (nSPS) is 15.9. The number of fused-ring (bicyclic) bond motifs is 5. The Morgan fingerprint density at radius 1 is 0.290 bits per heavy atom. The van der Waals surface area contributed by atoms with E-state index >= 15 is 4.39 Å². The molecular weight excluding hydrogens is 1590 g/mol. The van der Waals surface area contributed by atoms with Gasteiger partial charge in [-0.2, -0.15) is 22.8 Å². The Kier molecular flexibility index (Phi) is 26.1. The van der Waals surface area contributed by atoms with E-state index in [0.29, 0.717) is 53.2 Å². The van der Waals surface area contributed by atoms with Gasteiger partial charge in [0.2, 0.25) is 56.1 Å². The van der Waals surface area contributed by atoms with Gasteiger partial charge in [0.1, 0.15) is 41.1 Å². The van der Waals surface area contributed by atoms with Crippen LogP contribution in [0.1, 0.15) is 296 Å². The summed E-state index contributed by atoms with van der Waals surface area (Å²) in [6.07, 6.45) is 25.5. The van der Waals surface area contributed by atoms with E-state index in [2.05, 4.69) is 278 Å². The SMILES string of the molecule is Cc1cc(C)c(C)c(-c2ccc3c(C4CCCC4)cccc3[n+]2C)c1.Cc1cc(C)c(C)c(-c2ccc3c(C4CCCCC4)cccc3[n+]2C)c1.[2H]C([2H])([2H])c1cc(C)cc(-c2ccc3c(CC(C)C)c(F)c(CC(C)C)cc3[n+]2C)c1C.[2H]C([2H])([2H])c1cc(C)cc(-c2ccc3ccc(C4CCCC4)cc3[n+]2C)c1C.[2H]C([2H])([2H])c1cc(C)cc(-c2ccc3ccc(C4CCCCC4)cc3[n+]2C)c1C. The lowest BCUT2D eigenvalue weighted by Crippen LogP contribution is -2.33. The Morgan fingerprint density at radius 3 is 0.924 bits per heavy atom. The third kappa shape index (κ3) is 20.6. The molecule has 0 unspecified atom stereocenters. The topological polar surface area (TPSA) is 19.4 Å². The Morgan fingerprint density at radius 2 is 0.580 bits per heavy atom. The molecule has 15 aromatic rings. The summed E-state index contributed by atoms with van der Waals surface area (Å²) in [7, 11) is 10.6. The van der Waals surface area contributed by atoms with E-state index in [1.54, 1.807) is 29.3 Å². The first-order valence-corrected chi connectivity index (χ1v) is 49.3. The molecule has 5 aromatic heterocycles. The fraction of sp³-hybridized carbons (Fsp3) is 0.400. The molecule has 0 N–H and O–H groups in total. The van der Waals surface area contributed by atoms with Crippen LogP contribution in [0, 0.1) is 121 Å². The first kappa shape index (κ1) is 83.3. The minimum Gasteiger partial charge on any atom is -0.206 e. The van der Waals surface area contributed by atoms with Gasteiger partial charge in [-0.25, -0.2) is 4.39 Å². The van der Waals surface area contributed by atoms with Crippen LogP contribution in [-0.2, 0) is 48.1 Å². The van der Waals surface area contributed by atoms with E-state index < -0.39 is 20.6 Å². The van der Waals surface area contributed by atoms with Crippen molar-refractivity contribution < 1.29 is 39.6 Å². The summed E-state index contributed by atoms with van der Waals surface area (Å²) >= 11 is 0. The molecule has 19 rings (SSSR count). The van der Waals surface area contributed by atoms with E-state index in [-0.39, 0.29) is 5.82 Å². The first-order chi connectivity index (χ1) is 66.4. The van der Waals surface area contributed by atoms with Gasteiger partial charge in [0, 0.05) is 128 Å². The van der Waals surface area contributed by atoms with Crippen molar-refractivity contribution in [1.29, 1.82) is 0 Å². The molecule has 0 bridgehead atoms. The minimum absolute atomic E-state index is 0.0796. The van der Waals surface area contributed by atoms with Gasteiger partial charge in [-0.05, 0) is 360 Å². The lowest BCUT2D eigenvalue weighted by Gasteiger charge is -2.23. The van der Waals surface area contributed by atoms with Crippen LogP contribution in [0.4, 0.5) is 4.39 Å². The largest absolute Gasteiger partial charge is 0.213 e. The molecule has 4 fully saturated rings. The van der Waals surface area contributed by atoms with Gasteiger partial charge >= 0.3 is 0 Å². The number of rotatable bonds is 13. The van der Waals surface area contributed by atoms with Gasteiger partial charge in [-0.15, -0.1) is 0 Å². The summed E-state index contributed by atoms with van der Waals surface area (Å²) in [5, 5.41) is 6.23. The van der Waals surface area contributed by atoms with Crippen molar-refractivity contribution in [2.75, 3.05) is 0 Å². The molecule has 0 atom stereocenters. The van der Waals surface area contributed by atoms with Crippen molar-refractivity contribution in [1.82, 2.24) is 0 Å². The average Bonchev–Trinajstić information content (AvgIpc) is 0.899. The molecule has 5 heterocycles. The summed E-state index contributed by atoms with van der Waals surface area (Å²) in [5.74, 6) is 3.44. The smallest absolute Gasteiger partial charge is 0.206 e. The fourth-order valence-electron chi connectivity index (χ4n) is 22.4. The highest BCUT2D eigenvalue weighted by molar-refractivity contribution is 5.86. The van der Waals surface area contributed by atoms with Gasteiger partial charge in [-0.3, -0.25) is 0 Å². The number of hydrogen-bond acceptors (Lipinski definition) is 0. The molecule has 0 radical (unpaired) electrons. The predicted octanol–water partition coefficient (Wildman–Crippen LogP) is 31.2. The van der Waals surface area contributed by atoms with Crippen molar-refractivity contribution in [2.24, 2.45) is 47.1 Å². The minimum atomic E-state index is -2.17. The number of benzene rings is 10. The zero-order chi connectivity index (χ0) is 101. The standard InChI is InChI=1S/C27H35FN.2C25H30N.2C24H28N/c1-16(2)11-21-15-26-22(24(27(21)28)12-17(3)4)9-10-25(29(26)8)23-14-18(5)13-19(6)20(23)7;1-17-15-18(2)19(3)23(16-17)25-14-13-22-21(20-9-6-5-7-10-20)11-8-12-24(22)26(25)4;1-17-14-18(2)19(3)23(15-17)24-13-12-21-10-11-22(16-25(21)26(24)4)20-8-6-5-7-9-20;1-16-14-17(2)18(3)22(15-16)24-13-12-21-20(19-8-5-6-9-19)10-7-11-23(21)25(24)4;1-16-13-17(2)18(3)22(14-16)23-12-11-20-9-10-21(15-24(20)25(23)4)19-7-5-6-8-19/h9-10,13-17H,11-12H2,1-8H3;8,11-16,20H,5-7,9-10H2,1-4H3;10-16,20H,5-9H2,1-4H3;7,10-15,19H,5-6,8-9H2,1-4H3;9-15,19H,5-8H2,1-4H3/q5*+1/i6D3;;2D3;;2D3. The van der Waals surface area contributed by atoms with Gasteiger partial charge in [0.15, 0.2) is 0 Å². The highest BCUT2D eigenvalue weighted by Crippen LogP contribution is 2.43. The second-order valence-corrected chi connectivity index (χ2v) is 40.6. The fourth-order valence-corrected chi connectivity index (χ4v) is 22.4. The molecule has 0 amide bonds. The summed E-state index contributed by atoms with van der Waals surface area (Å²) in [4.78, 5) is 0. The van der Waals surface area contributed by atoms with Crippen LogP contribution in [0.3, 0.4) is 0 Å². The van der Waals surface area contributed by atoms with Crippen LogP contribution in [0.5, 0.6) is 0 Å². The molecule has 678 valence electrons. The summed E-state index contributed by atoms with van der Waals surface area (Å²) in [6, 6.07) is 72.2. The second kappa shape index (κ2) is 41.1. The van der Waals surface area contributed by atoms with Crippen molar-refractivity contribution in [3.05, 3.63) is 323 Å². The Bertz CT molecular complexity index is 7150. The third-order valence-electron chi connectivity index (χ3n) is 30.1. The van der Waals surface area contributed by atoms with Crippen LogP contribution in [0.2, 0.25) is 0 Å². The summed E-state index contributed by atoms with van der Waals surface area (Å²) < 4.78 is 98.2. The number of aromatic nitrogens is 5. The molecule has 0 aliphatic heterocycles. The number of aryl methyl sites for hydroxylation is 15. The molecule has 131 heavy (non-hydrogen) atoms. The van der Waals surface area contributed by atoms with E-state index in [9.17, 15) is 0 Å². The maximum absolute atomic E-state index is 15.5. The molecular formula is C125H151FN5+5. The molecule has 4 saturated carbocycles. The van der Waals surface area contributed by atoms with Gasteiger partial charge in [0.05, 0.1) is 5.39 Å². The lowest BCUT2D eigenvalue weighted by atomic mass is 9.82. The van der Waals surface area contributed by atoms with Crippen LogP contribution in [0.25, 0.3) is 111 Å². The van der Waals surface area contributed by atoms with E-state index in [0.717, 1.165) is 101 Å². The van der Waals surface area contributed by atoms with E-state index in [1.165, 1.54) is 226 Å². The summed E-state index contributed by atoms with van der Waals surface area (Å²) in [6.45, 7) is 27.0. The van der Waals surface area contributed by atoms with Gasteiger partial charge in [-0.1, -0.05) is 186 Å². The van der Waals surface area contributed by atoms with Crippen molar-refractivity contribution in [3.63, 3.8) is 0 Å². The average molecular weight is 1750 g/mol. The Hall–Kier alpha value is -10.8. The van der Waals surface area contributed by atoms with Crippen LogP contribution < -0.4 is 22.8 Å². The van der Waals surface area contributed by atoms with Gasteiger partial charge in [0.25, 0.3) is 0 Å². The van der Waals surface area contributed by atoms with Crippen LogP contribution >= 0.6 is 0 Å². The van der Waals surface area contributed by atoms with E-state index in [1.807, 2.05) is 72.9 Å². The second-order valence-electron chi connectivity index (χ2n) is 40.6. The number of hydrogen-bond donors (Lipinski definition) is 0. The lowest BCUT2D eigenvalue weighted by molar-refractivity contribution is -0.633. The van der Waals surface area contributed by atoms with Gasteiger partial charge < -0.3 is 0 Å². The molecule has 0 saturated heterocycles. The number of nitrogens with zero attached hydrogens (tertiary/aromatic N) is 5. The molecule has 0 spiro atoms. The number of halogens is 1. The maximum Gasteiger partial charge on any atom is 0.213 e. The first-order valence-electron chi connectivity index (χ1n) is 53.8. The molecule has 5 nitrogen and oxygen atoms in total. The third-order valence-corrected chi connectivity index (χ3v) is 30.1. The van der Waals surface area contributed by atoms with Crippen LogP contribution in [0.15, 0.2) is 200 Å². The zero-order valence-corrected chi connectivity index (χ0v) is 82.8. The zero-order valence-electron chi connectivity index (χ0n) is 91.8. The quantitative estimate of drug-likeness (QED) is 0.103. The summed E-state index contributed by atoms with van der Waals surface area (Å²) in [5.41, 5.74) is 39.6. The van der Waals surface area contributed by atoms with Crippen LogP contribution in [-0.4, -0.2) is 0 Å². The highest BCUT2D eigenvalue weighted by atomic mass is 19.1. The monoisotopic (exact) mass is 1750 g/mol. The maximum atomic E-state index is 15.5. The molecule has 4 aliphatic carbocycles. The Balaban J connectivity index is 0.000000133. The van der Waals surface area contributed by atoms with Crippen molar-refractivity contribution >= 4 is 54.5 Å². The predicted molar refractivity (Wildman–Crippen MR) is 555 cm³/mol. The highest BCUT2D eigenvalue weighted by Gasteiger charge is 2.31. The van der Waals surface area contributed by atoms with E-state index in [4.69, 9.17) is 12.3 Å². The molecule has 6 heteroatoms. The number of pyridine rings is 5. The van der Waals surface area contributed by atoms with Crippen molar-refractivity contribution in [2.45, 2.75) is 283 Å². The van der Waals surface area contributed by atoms with Crippen molar-refractivity contribution in [3.8, 4) is 56.3 Å². The molecule has 10 aromatic carbocycles.